The second-order valence-electron chi connectivity index (χ2n) is 6.86. The second kappa shape index (κ2) is 12.0. The van der Waals surface area contributed by atoms with Crippen molar-refractivity contribution < 1.29 is 43.5 Å². The first-order chi connectivity index (χ1) is 17.2. The number of thiocarbonyl (C=S) groups is 1. The maximum Gasteiger partial charge on any atom is 0.341 e. The summed E-state index contributed by atoms with van der Waals surface area (Å²) < 4.78 is 21.3. The number of carbonyl (C=O) groups is 3. The predicted octanol–water partition coefficient (Wildman–Crippen LogP) is 2.87. The molecule has 36 heavy (non-hydrogen) atoms. The third kappa shape index (κ3) is 6.31. The average molecular weight is 533 g/mol. The van der Waals surface area contributed by atoms with E-state index in [1.807, 2.05) is 0 Å². The Hall–Kier alpha value is -4.10. The first-order valence-corrected chi connectivity index (χ1v) is 11.3. The normalized spacial score (nSPS) is 14.4. The van der Waals surface area contributed by atoms with Crippen LogP contribution in [0.5, 0.6) is 23.0 Å². The van der Waals surface area contributed by atoms with Crippen LogP contribution in [0.3, 0.4) is 0 Å². The standard InChI is InChI=1S/C23H20N2O9S2/c1-31-15-7-3-5-13(20(15)33-11-18(26)27)9-17-22(30)25(23(35)36-17)24-10-14-6-4-8-16(32-2)21(14)34-12-19(28)29/h3-10H,11-12H2,1-2H3,(H,26,27)(H,28,29). The van der Waals surface area contributed by atoms with Gasteiger partial charge in [-0.15, -0.1) is 0 Å². The van der Waals surface area contributed by atoms with Crippen molar-refractivity contribution in [1.29, 1.82) is 0 Å². The Balaban J connectivity index is 1.89. The fourth-order valence-corrected chi connectivity index (χ4v) is 4.16. The van der Waals surface area contributed by atoms with E-state index in [2.05, 4.69) is 5.10 Å². The summed E-state index contributed by atoms with van der Waals surface area (Å²) in [6.45, 7) is -1.20. The summed E-state index contributed by atoms with van der Waals surface area (Å²) in [5, 5.41) is 23.1. The number of aliphatic carboxylic acids is 2. The van der Waals surface area contributed by atoms with Gasteiger partial charge in [-0.1, -0.05) is 30.0 Å². The van der Waals surface area contributed by atoms with Crippen LogP contribution in [-0.4, -0.2) is 71.0 Å². The highest BCUT2D eigenvalue weighted by Gasteiger charge is 2.32. The van der Waals surface area contributed by atoms with Crippen LogP contribution >= 0.6 is 24.0 Å². The molecule has 0 bridgehead atoms. The van der Waals surface area contributed by atoms with Crippen LogP contribution in [0, 0.1) is 0 Å². The number of carboxylic acid groups (broad SMARTS) is 2. The zero-order valence-electron chi connectivity index (χ0n) is 19.0. The summed E-state index contributed by atoms with van der Waals surface area (Å²) in [6, 6.07) is 9.76. The lowest BCUT2D eigenvalue weighted by Crippen LogP contribution is -2.22. The average Bonchev–Trinajstić information content (AvgIpc) is 3.11. The van der Waals surface area contributed by atoms with Crippen molar-refractivity contribution in [3.05, 3.63) is 52.4 Å². The summed E-state index contributed by atoms with van der Waals surface area (Å²) in [5.41, 5.74) is 0.781. The quantitative estimate of drug-likeness (QED) is 0.250. The summed E-state index contributed by atoms with van der Waals surface area (Å²) in [5.74, 6) is -1.98. The first-order valence-electron chi connectivity index (χ1n) is 10.1. The molecule has 0 aliphatic carbocycles. The molecular weight excluding hydrogens is 512 g/mol. The van der Waals surface area contributed by atoms with Gasteiger partial charge in [-0.05, 0) is 36.5 Å². The van der Waals surface area contributed by atoms with E-state index in [-0.39, 0.29) is 26.5 Å². The van der Waals surface area contributed by atoms with E-state index < -0.39 is 31.1 Å². The number of rotatable bonds is 11. The lowest BCUT2D eigenvalue weighted by atomic mass is 10.1. The number of hydrazone groups is 1. The van der Waals surface area contributed by atoms with Gasteiger partial charge in [0.2, 0.25) is 0 Å². The molecular formula is C23H20N2O9S2. The van der Waals surface area contributed by atoms with E-state index in [1.165, 1.54) is 26.5 Å². The fraction of sp³-hybridized carbons (Fsp3) is 0.174. The maximum absolute atomic E-state index is 13.0. The molecule has 1 fully saturated rings. The number of ether oxygens (including phenoxy) is 4. The number of hydrogen-bond acceptors (Lipinski definition) is 10. The van der Waals surface area contributed by atoms with Crippen LogP contribution < -0.4 is 18.9 Å². The highest BCUT2D eigenvalue weighted by molar-refractivity contribution is 8.26. The van der Waals surface area contributed by atoms with Crippen LogP contribution in [0.15, 0.2) is 46.4 Å². The van der Waals surface area contributed by atoms with Gasteiger partial charge in [-0.25, -0.2) is 9.59 Å². The van der Waals surface area contributed by atoms with Crippen LogP contribution in [0.2, 0.25) is 0 Å². The van der Waals surface area contributed by atoms with Crippen molar-refractivity contribution in [2.45, 2.75) is 0 Å². The molecule has 0 aromatic heterocycles. The topological polar surface area (TPSA) is 144 Å². The molecule has 0 atom stereocenters. The van der Waals surface area contributed by atoms with E-state index in [9.17, 15) is 14.4 Å². The van der Waals surface area contributed by atoms with Crippen LogP contribution in [-0.2, 0) is 14.4 Å². The van der Waals surface area contributed by atoms with Crippen molar-refractivity contribution in [2.75, 3.05) is 27.4 Å². The molecule has 1 heterocycles. The highest BCUT2D eigenvalue weighted by atomic mass is 32.2. The number of thioether (sulfide) groups is 1. The fourth-order valence-electron chi connectivity index (χ4n) is 3.00. The third-order valence-corrected chi connectivity index (χ3v) is 5.79. The minimum atomic E-state index is -1.17. The molecule has 0 saturated carbocycles. The molecule has 1 aliphatic rings. The second-order valence-corrected chi connectivity index (χ2v) is 8.54. The van der Waals surface area contributed by atoms with E-state index in [1.54, 1.807) is 36.4 Å². The Morgan fingerprint density at radius 1 is 0.972 bits per heavy atom. The molecule has 13 heteroatoms. The summed E-state index contributed by atoms with van der Waals surface area (Å²) >= 11 is 6.30. The molecule has 11 nitrogen and oxygen atoms in total. The van der Waals surface area contributed by atoms with E-state index >= 15 is 0 Å². The predicted molar refractivity (Wildman–Crippen MR) is 135 cm³/mol. The molecule has 1 saturated heterocycles. The van der Waals surface area contributed by atoms with E-state index in [4.69, 9.17) is 41.4 Å². The molecule has 2 N–H and O–H groups in total. The van der Waals surface area contributed by atoms with Gasteiger partial charge in [0.25, 0.3) is 5.91 Å². The van der Waals surface area contributed by atoms with Crippen molar-refractivity contribution >= 4 is 58.4 Å². The smallest absolute Gasteiger partial charge is 0.341 e. The van der Waals surface area contributed by atoms with E-state index in [0.717, 1.165) is 16.8 Å². The van der Waals surface area contributed by atoms with E-state index in [0.29, 0.717) is 16.9 Å². The Morgan fingerprint density at radius 2 is 1.50 bits per heavy atom. The molecule has 188 valence electrons. The molecule has 0 spiro atoms. The molecule has 1 amide bonds. The monoisotopic (exact) mass is 532 g/mol. The summed E-state index contributed by atoms with van der Waals surface area (Å²) in [4.78, 5) is 35.2. The van der Waals surface area contributed by atoms with Crippen LogP contribution in [0.1, 0.15) is 11.1 Å². The Kier molecular flexibility index (Phi) is 8.86. The van der Waals surface area contributed by atoms with Gasteiger partial charge >= 0.3 is 11.9 Å². The molecule has 1 aliphatic heterocycles. The van der Waals surface area contributed by atoms with Gasteiger partial charge in [-0.2, -0.15) is 10.1 Å². The number of carboxylic acids is 2. The zero-order chi connectivity index (χ0) is 26.2. The Morgan fingerprint density at radius 3 is 2.03 bits per heavy atom. The molecule has 0 unspecified atom stereocenters. The maximum atomic E-state index is 13.0. The summed E-state index contributed by atoms with van der Waals surface area (Å²) in [6.07, 6.45) is 2.81. The number of benzene rings is 2. The van der Waals surface area contributed by atoms with Gasteiger partial charge in [-0.3, -0.25) is 4.79 Å². The zero-order valence-corrected chi connectivity index (χ0v) is 20.6. The van der Waals surface area contributed by atoms with Crippen molar-refractivity contribution in [1.82, 2.24) is 5.01 Å². The number of para-hydroxylation sites is 2. The van der Waals surface area contributed by atoms with Crippen molar-refractivity contribution in [3.63, 3.8) is 0 Å². The Labute approximate surface area is 214 Å². The van der Waals surface area contributed by atoms with Crippen LogP contribution in [0.25, 0.3) is 6.08 Å². The Bertz CT molecular complexity index is 1260. The largest absolute Gasteiger partial charge is 0.493 e. The lowest BCUT2D eigenvalue weighted by molar-refractivity contribution is -0.140. The van der Waals surface area contributed by atoms with Gasteiger partial charge < -0.3 is 29.2 Å². The number of nitrogens with zero attached hydrogens (tertiary/aromatic N) is 2. The SMILES string of the molecule is COc1cccc(C=NN2C(=O)C(=Cc3cccc(OC)c3OCC(=O)O)SC2=S)c1OCC(=O)O. The van der Waals surface area contributed by atoms with Gasteiger partial charge in [0, 0.05) is 11.1 Å². The van der Waals surface area contributed by atoms with Gasteiger partial charge in [0.15, 0.2) is 40.5 Å². The molecule has 2 aromatic rings. The highest BCUT2D eigenvalue weighted by Crippen LogP contribution is 2.38. The number of amides is 1. The first kappa shape index (κ1) is 26.5. The minimum absolute atomic E-state index is 0.142. The van der Waals surface area contributed by atoms with Gasteiger partial charge in [0.1, 0.15) is 0 Å². The third-order valence-electron chi connectivity index (χ3n) is 4.51. The lowest BCUT2D eigenvalue weighted by Gasteiger charge is -2.12. The molecule has 3 rings (SSSR count). The minimum Gasteiger partial charge on any atom is -0.493 e. The molecule has 2 aromatic carbocycles. The van der Waals surface area contributed by atoms with Crippen molar-refractivity contribution in [2.24, 2.45) is 5.10 Å². The molecule has 0 radical (unpaired) electrons. The number of hydrogen-bond donors (Lipinski definition) is 2. The summed E-state index contributed by atoms with van der Waals surface area (Å²) in [7, 11) is 2.82. The number of carbonyl (C=O) groups excluding carboxylic acids is 1. The number of methoxy groups -OCH3 is 2. The van der Waals surface area contributed by atoms with Gasteiger partial charge in [0.05, 0.1) is 25.3 Å². The van der Waals surface area contributed by atoms with Crippen LogP contribution in [0.4, 0.5) is 0 Å². The van der Waals surface area contributed by atoms with Crippen molar-refractivity contribution in [3.8, 4) is 23.0 Å².